The molecule has 7 heteroatoms. The van der Waals surface area contributed by atoms with E-state index in [0.717, 1.165) is 15.7 Å². The largest absolute Gasteiger partial charge is 0.331 e. The van der Waals surface area contributed by atoms with Crippen molar-refractivity contribution in [3.8, 4) is 0 Å². The average molecular weight is 367 g/mol. The Morgan fingerprint density at radius 3 is 2.56 bits per heavy atom. The summed E-state index contributed by atoms with van der Waals surface area (Å²) in [4.78, 5) is 36.9. The van der Waals surface area contributed by atoms with Gasteiger partial charge in [-0.3, -0.25) is 18.7 Å². The molecule has 0 fully saturated rings. The highest BCUT2D eigenvalue weighted by atomic mass is 19.1. The molecule has 3 rings (SSSR count). The summed E-state index contributed by atoms with van der Waals surface area (Å²) in [5.41, 5.74) is 0.467. The van der Waals surface area contributed by atoms with Crippen molar-refractivity contribution in [3.05, 3.63) is 98.6 Å². The summed E-state index contributed by atoms with van der Waals surface area (Å²) >= 11 is 0. The Hall–Kier alpha value is -3.48. The van der Waals surface area contributed by atoms with Gasteiger partial charge in [-0.05, 0) is 30.2 Å². The van der Waals surface area contributed by atoms with Gasteiger partial charge in [-0.25, -0.2) is 9.18 Å². The van der Waals surface area contributed by atoms with Crippen LogP contribution < -0.4 is 16.6 Å². The molecule has 2 aromatic carbocycles. The Balaban J connectivity index is 1.83. The van der Waals surface area contributed by atoms with E-state index in [1.165, 1.54) is 29.0 Å². The molecule has 0 radical (unpaired) electrons. The van der Waals surface area contributed by atoms with Crippen LogP contribution >= 0.6 is 0 Å². The molecule has 0 spiro atoms. The molecular formula is C20H18FN3O3. The zero-order chi connectivity index (χ0) is 19.4. The van der Waals surface area contributed by atoms with Crippen LogP contribution in [0.4, 0.5) is 10.1 Å². The molecule has 0 unspecified atom stereocenters. The molecule has 0 atom stereocenters. The highest BCUT2D eigenvalue weighted by Crippen LogP contribution is 2.15. The lowest BCUT2D eigenvalue weighted by atomic mass is 10.2. The molecule has 138 valence electrons. The number of carbonyl (C=O) groups excluding carboxylic acids is 1. The average Bonchev–Trinajstić information content (AvgIpc) is 2.65. The van der Waals surface area contributed by atoms with Crippen molar-refractivity contribution in [1.82, 2.24) is 9.13 Å². The number of amides is 1. The summed E-state index contributed by atoms with van der Waals surface area (Å²) in [6.45, 7) is 1.54. The van der Waals surface area contributed by atoms with Crippen molar-refractivity contribution in [2.45, 2.75) is 20.0 Å². The quantitative estimate of drug-likeness (QED) is 0.751. The minimum atomic E-state index is -0.656. The normalized spacial score (nSPS) is 10.6. The van der Waals surface area contributed by atoms with Crippen LogP contribution in [0.5, 0.6) is 0 Å². The molecule has 27 heavy (non-hydrogen) atoms. The third-order valence-corrected chi connectivity index (χ3v) is 4.03. The van der Waals surface area contributed by atoms with Gasteiger partial charge < -0.3 is 5.32 Å². The Kier molecular flexibility index (Phi) is 5.30. The minimum Gasteiger partial charge on any atom is -0.322 e. The maximum absolute atomic E-state index is 13.8. The highest BCUT2D eigenvalue weighted by Gasteiger charge is 2.12. The number of hydrogen-bond acceptors (Lipinski definition) is 3. The maximum atomic E-state index is 13.8. The third kappa shape index (κ3) is 4.38. The van der Waals surface area contributed by atoms with Crippen molar-refractivity contribution < 1.29 is 9.18 Å². The number of anilines is 1. The van der Waals surface area contributed by atoms with Crippen LogP contribution in [-0.2, 0) is 17.9 Å². The molecule has 1 heterocycles. The fourth-order valence-electron chi connectivity index (χ4n) is 2.67. The first-order valence-corrected chi connectivity index (χ1v) is 8.34. The first-order chi connectivity index (χ1) is 12.9. The number of hydrogen-bond donors (Lipinski definition) is 1. The van der Waals surface area contributed by atoms with E-state index in [2.05, 4.69) is 5.32 Å². The molecule has 1 N–H and O–H groups in total. The number of aryl methyl sites for hydroxylation is 1. The molecule has 0 aliphatic carbocycles. The van der Waals surface area contributed by atoms with Crippen molar-refractivity contribution >= 4 is 11.6 Å². The zero-order valence-corrected chi connectivity index (χ0v) is 14.7. The van der Waals surface area contributed by atoms with Crippen molar-refractivity contribution in [2.24, 2.45) is 0 Å². The van der Waals surface area contributed by atoms with Gasteiger partial charge in [0.15, 0.2) is 0 Å². The van der Waals surface area contributed by atoms with Crippen LogP contribution in [0.15, 0.2) is 70.4 Å². The van der Waals surface area contributed by atoms with Crippen molar-refractivity contribution in [3.63, 3.8) is 0 Å². The smallest absolute Gasteiger partial charge is 0.322 e. The van der Waals surface area contributed by atoms with Crippen LogP contribution in [0, 0.1) is 12.7 Å². The Morgan fingerprint density at radius 1 is 1.07 bits per heavy atom. The highest BCUT2D eigenvalue weighted by molar-refractivity contribution is 5.90. The molecule has 0 aliphatic rings. The lowest BCUT2D eigenvalue weighted by Crippen LogP contribution is -2.41. The molecule has 6 nitrogen and oxygen atoms in total. The SMILES string of the molecule is Cc1ccc(F)c(NC(=O)Cn2c(=O)ccn(Cc3ccccc3)c2=O)c1. The molecule has 3 aromatic rings. The molecule has 0 aliphatic heterocycles. The van der Waals surface area contributed by atoms with Gasteiger partial charge in [0.1, 0.15) is 12.4 Å². The van der Waals surface area contributed by atoms with E-state index in [1.807, 2.05) is 30.3 Å². The third-order valence-electron chi connectivity index (χ3n) is 4.03. The second-order valence-corrected chi connectivity index (χ2v) is 6.17. The molecule has 0 saturated carbocycles. The monoisotopic (exact) mass is 367 g/mol. The van der Waals surface area contributed by atoms with Crippen LogP contribution in [0.25, 0.3) is 0 Å². The molecule has 0 bridgehead atoms. The predicted molar refractivity (Wildman–Crippen MR) is 100 cm³/mol. The van der Waals surface area contributed by atoms with E-state index >= 15 is 0 Å². The molecule has 0 saturated heterocycles. The molecular weight excluding hydrogens is 349 g/mol. The predicted octanol–water partition coefficient (Wildman–Crippen LogP) is 2.14. The lowest BCUT2D eigenvalue weighted by Gasteiger charge is -2.11. The van der Waals surface area contributed by atoms with E-state index in [0.29, 0.717) is 0 Å². The van der Waals surface area contributed by atoms with Crippen LogP contribution in [0.2, 0.25) is 0 Å². The lowest BCUT2D eigenvalue weighted by molar-refractivity contribution is -0.116. The van der Waals surface area contributed by atoms with E-state index in [1.54, 1.807) is 13.0 Å². The summed E-state index contributed by atoms with van der Waals surface area (Å²) < 4.78 is 16.0. The van der Waals surface area contributed by atoms with Gasteiger partial charge in [0.25, 0.3) is 5.56 Å². The molecule has 1 amide bonds. The van der Waals surface area contributed by atoms with E-state index in [-0.39, 0.29) is 12.2 Å². The fourth-order valence-corrected chi connectivity index (χ4v) is 2.67. The summed E-state index contributed by atoms with van der Waals surface area (Å²) in [6.07, 6.45) is 1.40. The number of aromatic nitrogens is 2. The van der Waals surface area contributed by atoms with Crippen LogP contribution in [0.3, 0.4) is 0 Å². The maximum Gasteiger partial charge on any atom is 0.331 e. The first-order valence-electron chi connectivity index (χ1n) is 8.34. The van der Waals surface area contributed by atoms with Gasteiger partial charge in [0.2, 0.25) is 5.91 Å². The summed E-state index contributed by atoms with van der Waals surface area (Å²) in [7, 11) is 0. The summed E-state index contributed by atoms with van der Waals surface area (Å²) in [6, 6.07) is 14.8. The second-order valence-electron chi connectivity index (χ2n) is 6.17. The zero-order valence-electron chi connectivity index (χ0n) is 14.7. The number of nitrogens with zero attached hydrogens (tertiary/aromatic N) is 2. The topological polar surface area (TPSA) is 73.1 Å². The fraction of sp³-hybridized carbons (Fsp3) is 0.150. The van der Waals surface area contributed by atoms with Gasteiger partial charge in [-0.15, -0.1) is 0 Å². The standard InChI is InChI=1S/C20H18FN3O3/c1-14-7-8-16(21)17(11-14)22-18(25)13-24-19(26)9-10-23(20(24)27)12-15-5-3-2-4-6-15/h2-11H,12-13H2,1H3,(H,22,25). The number of benzene rings is 2. The van der Waals surface area contributed by atoms with E-state index in [4.69, 9.17) is 0 Å². The van der Waals surface area contributed by atoms with Crippen LogP contribution in [0.1, 0.15) is 11.1 Å². The number of halogens is 1. The van der Waals surface area contributed by atoms with Gasteiger partial charge in [0, 0.05) is 12.3 Å². The van der Waals surface area contributed by atoms with E-state index < -0.39 is 29.5 Å². The van der Waals surface area contributed by atoms with Gasteiger partial charge >= 0.3 is 5.69 Å². The van der Waals surface area contributed by atoms with Gasteiger partial charge in [-0.2, -0.15) is 0 Å². The van der Waals surface area contributed by atoms with Crippen molar-refractivity contribution in [2.75, 3.05) is 5.32 Å². The van der Waals surface area contributed by atoms with Gasteiger partial charge in [-0.1, -0.05) is 36.4 Å². The van der Waals surface area contributed by atoms with E-state index in [9.17, 15) is 18.8 Å². The number of carbonyl (C=O) groups is 1. The Morgan fingerprint density at radius 2 is 1.81 bits per heavy atom. The first kappa shape index (κ1) is 18.3. The summed E-state index contributed by atoms with van der Waals surface area (Å²) in [5.74, 6) is -1.24. The second kappa shape index (κ2) is 7.82. The minimum absolute atomic E-state index is 0.00795. The Bertz CT molecular complexity index is 1090. The van der Waals surface area contributed by atoms with Gasteiger partial charge in [0.05, 0.1) is 12.2 Å². The van der Waals surface area contributed by atoms with Crippen LogP contribution in [-0.4, -0.2) is 15.0 Å². The Labute approximate surface area is 154 Å². The summed E-state index contributed by atoms with van der Waals surface area (Å²) in [5, 5.41) is 2.40. The number of rotatable bonds is 5. The molecule has 1 aromatic heterocycles. The number of nitrogens with one attached hydrogen (secondary N) is 1. The van der Waals surface area contributed by atoms with Crippen molar-refractivity contribution in [1.29, 1.82) is 0 Å².